The highest BCUT2D eigenvalue weighted by molar-refractivity contribution is 5.84. The summed E-state index contributed by atoms with van der Waals surface area (Å²) in [5.74, 6) is 0.619. The average Bonchev–Trinajstić information content (AvgIpc) is 2.47. The maximum absolute atomic E-state index is 12.1. The maximum atomic E-state index is 12.1. The molecule has 4 unspecified atom stereocenters. The second-order valence-corrected chi connectivity index (χ2v) is 7.35. The Balaban J connectivity index is 2.08. The van der Waals surface area contributed by atoms with Crippen LogP contribution in [0.3, 0.4) is 0 Å². The van der Waals surface area contributed by atoms with Gasteiger partial charge >= 0.3 is 0 Å². The summed E-state index contributed by atoms with van der Waals surface area (Å²) in [6, 6.07) is 1.15. The summed E-state index contributed by atoms with van der Waals surface area (Å²) in [6.45, 7) is 8.87. The number of nitrogens with zero attached hydrogens (tertiary/aromatic N) is 1. The van der Waals surface area contributed by atoms with Crippen LogP contribution in [0.4, 0.5) is 0 Å². The van der Waals surface area contributed by atoms with Crippen molar-refractivity contribution in [3.05, 3.63) is 0 Å². The van der Waals surface area contributed by atoms with Crippen LogP contribution in [0, 0.1) is 5.92 Å². The van der Waals surface area contributed by atoms with Crippen molar-refractivity contribution in [1.29, 1.82) is 0 Å². The number of amides is 1. The van der Waals surface area contributed by atoms with Crippen molar-refractivity contribution >= 4 is 5.91 Å². The summed E-state index contributed by atoms with van der Waals surface area (Å²) in [5, 5.41) is 3.48. The molecule has 0 bridgehead atoms. The number of nitrogens with two attached hydrogens (primary N) is 1. The molecule has 21 heavy (non-hydrogen) atoms. The third kappa shape index (κ3) is 3.78. The van der Waals surface area contributed by atoms with Crippen molar-refractivity contribution < 1.29 is 4.79 Å². The Morgan fingerprint density at radius 2 is 2.10 bits per heavy atom. The van der Waals surface area contributed by atoms with Gasteiger partial charge in [0, 0.05) is 18.6 Å². The molecule has 4 nitrogen and oxygen atoms in total. The second-order valence-electron chi connectivity index (χ2n) is 7.35. The number of carbonyl (C=O) groups excluding carboxylic acids is 1. The Bertz CT molecular complexity index is 360. The Morgan fingerprint density at radius 1 is 1.33 bits per heavy atom. The Hall–Kier alpha value is -0.610. The minimum Gasteiger partial charge on any atom is -0.368 e. The molecule has 2 fully saturated rings. The van der Waals surface area contributed by atoms with Gasteiger partial charge in [0.2, 0.25) is 5.91 Å². The third-order valence-corrected chi connectivity index (χ3v) is 5.54. The van der Waals surface area contributed by atoms with E-state index in [0.29, 0.717) is 12.1 Å². The van der Waals surface area contributed by atoms with Crippen LogP contribution in [0.5, 0.6) is 0 Å². The molecule has 1 saturated carbocycles. The molecule has 2 rings (SSSR count). The third-order valence-electron chi connectivity index (χ3n) is 5.54. The molecule has 0 radical (unpaired) electrons. The Labute approximate surface area is 129 Å². The van der Waals surface area contributed by atoms with Gasteiger partial charge in [-0.1, -0.05) is 13.8 Å². The molecule has 3 N–H and O–H groups in total. The van der Waals surface area contributed by atoms with Gasteiger partial charge in [-0.25, -0.2) is 0 Å². The predicted octanol–water partition coefficient (Wildman–Crippen LogP) is 2.27. The molecule has 122 valence electrons. The van der Waals surface area contributed by atoms with Gasteiger partial charge < -0.3 is 11.1 Å². The first kappa shape index (κ1) is 16.8. The largest absolute Gasteiger partial charge is 0.368 e. The number of hydrogen-bond acceptors (Lipinski definition) is 3. The van der Waals surface area contributed by atoms with E-state index in [1.165, 1.54) is 25.8 Å². The minimum absolute atomic E-state index is 0.154. The van der Waals surface area contributed by atoms with Crippen LogP contribution >= 0.6 is 0 Å². The van der Waals surface area contributed by atoms with Gasteiger partial charge in [0.15, 0.2) is 0 Å². The van der Waals surface area contributed by atoms with Crippen LogP contribution < -0.4 is 11.1 Å². The van der Waals surface area contributed by atoms with Crippen molar-refractivity contribution in [3.63, 3.8) is 0 Å². The van der Waals surface area contributed by atoms with Crippen molar-refractivity contribution in [1.82, 2.24) is 10.2 Å². The summed E-state index contributed by atoms with van der Waals surface area (Å²) in [7, 11) is 0. The first-order valence-corrected chi connectivity index (χ1v) is 8.79. The molecule has 4 heteroatoms. The van der Waals surface area contributed by atoms with E-state index in [-0.39, 0.29) is 5.91 Å². The summed E-state index contributed by atoms with van der Waals surface area (Å²) in [6.07, 6.45) is 7.75. The summed E-state index contributed by atoms with van der Waals surface area (Å²) in [5.41, 5.74) is 5.30. The SMILES string of the molecule is CCCNC1(C(N)=O)CCCC(N2CC(C)CCC2C)C1. The number of likely N-dealkylation sites (tertiary alicyclic amines) is 1. The topological polar surface area (TPSA) is 58.4 Å². The fraction of sp³-hybridized carbons (Fsp3) is 0.941. The first-order chi connectivity index (χ1) is 9.98. The van der Waals surface area contributed by atoms with Gasteiger partial charge in [0.25, 0.3) is 0 Å². The van der Waals surface area contributed by atoms with Crippen molar-refractivity contribution in [3.8, 4) is 0 Å². The fourth-order valence-corrected chi connectivity index (χ4v) is 4.20. The zero-order valence-corrected chi connectivity index (χ0v) is 14.0. The lowest BCUT2D eigenvalue weighted by Crippen LogP contribution is -2.62. The van der Waals surface area contributed by atoms with Crippen LogP contribution in [0.1, 0.15) is 65.7 Å². The number of primary amides is 1. The summed E-state index contributed by atoms with van der Waals surface area (Å²) in [4.78, 5) is 14.7. The van der Waals surface area contributed by atoms with Gasteiger partial charge in [-0.05, 0) is 64.3 Å². The predicted molar refractivity (Wildman–Crippen MR) is 87.0 cm³/mol. The van der Waals surface area contributed by atoms with E-state index in [0.717, 1.165) is 38.1 Å². The number of hydrogen-bond donors (Lipinski definition) is 2. The van der Waals surface area contributed by atoms with Crippen molar-refractivity contribution in [2.45, 2.75) is 83.3 Å². The molecular formula is C17H33N3O. The molecule has 1 aliphatic carbocycles. The number of nitrogens with one attached hydrogen (secondary N) is 1. The molecule has 1 saturated heterocycles. The lowest BCUT2D eigenvalue weighted by Gasteiger charge is -2.48. The molecule has 0 aromatic carbocycles. The normalized spacial score (nSPS) is 38.3. The average molecular weight is 295 g/mol. The molecular weight excluding hydrogens is 262 g/mol. The molecule has 1 aliphatic heterocycles. The van der Waals surface area contributed by atoms with Crippen molar-refractivity contribution in [2.24, 2.45) is 11.7 Å². The Morgan fingerprint density at radius 3 is 2.76 bits per heavy atom. The van der Waals surface area contributed by atoms with Gasteiger partial charge in [0.05, 0.1) is 5.54 Å². The molecule has 4 atom stereocenters. The highest BCUT2D eigenvalue weighted by Gasteiger charge is 2.43. The molecule has 0 aromatic heterocycles. The highest BCUT2D eigenvalue weighted by Crippen LogP contribution is 2.35. The quantitative estimate of drug-likeness (QED) is 0.818. The fourth-order valence-electron chi connectivity index (χ4n) is 4.20. The molecule has 0 aromatic rings. The second kappa shape index (κ2) is 7.10. The highest BCUT2D eigenvalue weighted by atomic mass is 16.1. The van der Waals surface area contributed by atoms with Gasteiger partial charge in [-0.3, -0.25) is 9.69 Å². The Kier molecular flexibility index (Phi) is 5.67. The van der Waals surface area contributed by atoms with Crippen LogP contribution in [0.25, 0.3) is 0 Å². The number of carbonyl (C=O) groups is 1. The minimum atomic E-state index is -0.473. The zero-order chi connectivity index (χ0) is 15.5. The summed E-state index contributed by atoms with van der Waals surface area (Å²) >= 11 is 0. The maximum Gasteiger partial charge on any atom is 0.237 e. The zero-order valence-electron chi connectivity index (χ0n) is 14.0. The van der Waals surface area contributed by atoms with E-state index in [1.807, 2.05) is 0 Å². The van der Waals surface area contributed by atoms with Gasteiger partial charge in [-0.15, -0.1) is 0 Å². The lowest BCUT2D eigenvalue weighted by atomic mass is 9.76. The molecule has 0 spiro atoms. The molecule has 1 amide bonds. The molecule has 2 aliphatic rings. The van der Waals surface area contributed by atoms with Crippen LogP contribution in [0.2, 0.25) is 0 Å². The van der Waals surface area contributed by atoms with Gasteiger partial charge in [-0.2, -0.15) is 0 Å². The van der Waals surface area contributed by atoms with Crippen LogP contribution in [-0.2, 0) is 4.79 Å². The van der Waals surface area contributed by atoms with E-state index in [4.69, 9.17) is 5.73 Å². The smallest absolute Gasteiger partial charge is 0.237 e. The first-order valence-electron chi connectivity index (χ1n) is 8.79. The van der Waals surface area contributed by atoms with E-state index in [2.05, 4.69) is 31.0 Å². The number of piperidine rings is 1. The lowest BCUT2D eigenvalue weighted by molar-refractivity contribution is -0.127. The van der Waals surface area contributed by atoms with E-state index >= 15 is 0 Å². The monoisotopic (exact) mass is 295 g/mol. The van der Waals surface area contributed by atoms with E-state index < -0.39 is 5.54 Å². The van der Waals surface area contributed by atoms with Crippen LogP contribution in [-0.4, -0.2) is 41.5 Å². The van der Waals surface area contributed by atoms with Crippen molar-refractivity contribution in [2.75, 3.05) is 13.1 Å². The standard InChI is InChI=1S/C17H33N3O/c1-4-10-19-17(16(18)21)9-5-6-15(11-17)20-12-13(2)7-8-14(20)3/h13-15,19H,4-12H2,1-3H3,(H2,18,21). The van der Waals surface area contributed by atoms with Crippen LogP contribution in [0.15, 0.2) is 0 Å². The molecule has 1 heterocycles. The number of rotatable bonds is 5. The summed E-state index contributed by atoms with van der Waals surface area (Å²) < 4.78 is 0. The van der Waals surface area contributed by atoms with Gasteiger partial charge in [0.1, 0.15) is 0 Å². The van der Waals surface area contributed by atoms with E-state index in [1.54, 1.807) is 0 Å². The van der Waals surface area contributed by atoms with E-state index in [9.17, 15) is 4.79 Å².